The topological polar surface area (TPSA) is 97.7 Å². The van der Waals surface area contributed by atoms with Crippen LogP contribution in [0.25, 0.3) is 5.65 Å². The van der Waals surface area contributed by atoms with E-state index >= 15 is 0 Å². The molecular weight excluding hydrogens is 416 g/mol. The third-order valence-corrected chi connectivity index (χ3v) is 6.26. The lowest BCUT2D eigenvalue weighted by Gasteiger charge is -2.36. The van der Waals surface area contributed by atoms with E-state index in [9.17, 15) is 0 Å². The lowest BCUT2D eigenvalue weighted by atomic mass is 10.0. The first-order valence-corrected chi connectivity index (χ1v) is 11.6. The highest BCUT2D eigenvalue weighted by molar-refractivity contribution is 5.60. The Morgan fingerprint density at radius 3 is 2.73 bits per heavy atom. The number of ether oxygens (including phenoxy) is 1. The number of pyridine rings is 1. The Kier molecular flexibility index (Phi) is 6.20. The molecule has 9 heteroatoms. The number of hydrogen-bond acceptors (Lipinski definition) is 8. The zero-order valence-electron chi connectivity index (χ0n) is 22.0. The SMILES string of the molecule is [2H]C([2H])C(CCC)Oc1nc(N)c2ncc(Cc3cnc(N4CCC(N(C)C)CC4)c(C)c3)n2n1. The number of anilines is 2. The molecule has 4 heterocycles. The summed E-state index contributed by atoms with van der Waals surface area (Å²) in [7, 11) is 4.30. The summed E-state index contributed by atoms with van der Waals surface area (Å²) in [6.07, 6.45) is 7.26. The van der Waals surface area contributed by atoms with E-state index in [1.54, 1.807) is 10.7 Å². The largest absolute Gasteiger partial charge is 0.459 e. The first kappa shape index (κ1) is 20.7. The van der Waals surface area contributed by atoms with Crippen molar-refractivity contribution in [3.05, 3.63) is 35.3 Å². The van der Waals surface area contributed by atoms with Crippen LogP contribution in [0.2, 0.25) is 0 Å². The molecule has 178 valence electrons. The van der Waals surface area contributed by atoms with E-state index in [4.69, 9.17) is 18.2 Å². The van der Waals surface area contributed by atoms with E-state index in [2.05, 4.69) is 52.0 Å². The molecule has 1 aliphatic rings. The van der Waals surface area contributed by atoms with Crippen LogP contribution in [0.1, 0.15) is 59.0 Å². The first-order valence-electron chi connectivity index (χ1n) is 12.8. The van der Waals surface area contributed by atoms with Gasteiger partial charge < -0.3 is 20.3 Å². The Labute approximate surface area is 198 Å². The van der Waals surface area contributed by atoms with Crippen molar-refractivity contribution in [2.24, 2.45) is 0 Å². The summed E-state index contributed by atoms with van der Waals surface area (Å²) >= 11 is 0. The zero-order chi connectivity index (χ0) is 25.1. The quantitative estimate of drug-likeness (QED) is 0.554. The fraction of sp³-hybridized carbons (Fsp3) is 0.583. The molecular formula is C24H36N8O. The summed E-state index contributed by atoms with van der Waals surface area (Å²) in [5, 5.41) is 4.47. The molecule has 3 aromatic heterocycles. The third kappa shape index (κ3) is 5.19. The van der Waals surface area contributed by atoms with Crippen LogP contribution < -0.4 is 15.4 Å². The maximum atomic E-state index is 7.73. The Hall–Kier alpha value is -2.94. The summed E-state index contributed by atoms with van der Waals surface area (Å²) in [5.41, 5.74) is 9.61. The minimum atomic E-state index is -1.14. The first-order chi connectivity index (χ1) is 16.8. The van der Waals surface area contributed by atoms with Crippen LogP contribution in [0.15, 0.2) is 18.5 Å². The van der Waals surface area contributed by atoms with Crippen molar-refractivity contribution in [3.63, 3.8) is 0 Å². The van der Waals surface area contributed by atoms with Crippen LogP contribution in [0.4, 0.5) is 11.6 Å². The fourth-order valence-corrected chi connectivity index (χ4v) is 4.43. The van der Waals surface area contributed by atoms with Gasteiger partial charge in [0.05, 0.1) is 18.0 Å². The average molecular weight is 455 g/mol. The van der Waals surface area contributed by atoms with Crippen LogP contribution in [0, 0.1) is 6.92 Å². The van der Waals surface area contributed by atoms with Gasteiger partial charge in [-0.05, 0) is 58.3 Å². The number of aryl methyl sites for hydroxylation is 1. The molecule has 1 atom stereocenters. The van der Waals surface area contributed by atoms with Crippen molar-refractivity contribution in [1.29, 1.82) is 0 Å². The van der Waals surface area contributed by atoms with Gasteiger partial charge in [0.15, 0.2) is 11.5 Å². The van der Waals surface area contributed by atoms with Gasteiger partial charge in [-0.2, -0.15) is 4.98 Å². The third-order valence-electron chi connectivity index (χ3n) is 6.26. The number of nitrogens with two attached hydrogens (primary N) is 1. The van der Waals surface area contributed by atoms with Crippen LogP contribution >= 0.6 is 0 Å². The number of hydrogen-bond donors (Lipinski definition) is 1. The highest BCUT2D eigenvalue weighted by Crippen LogP contribution is 2.25. The highest BCUT2D eigenvalue weighted by atomic mass is 16.5. The molecule has 4 rings (SSSR count). The standard InChI is InChI=1S/C24H36N8O/c1-6-7-17(3)33-24-28-21(25)23-27-15-20(32(23)29-24)13-18-12-16(2)22(26-14-18)31-10-8-19(9-11-31)30(4)5/h12,14-15,17,19H,6-11,13H2,1-5H3,(H2,25,28,29)/i3D2. The minimum Gasteiger partial charge on any atom is -0.459 e. The number of nitrogens with zero attached hydrogens (tertiary/aromatic N) is 7. The number of rotatable bonds is 8. The van der Waals surface area contributed by atoms with Crippen molar-refractivity contribution < 1.29 is 7.48 Å². The average Bonchev–Trinajstić information content (AvgIpc) is 3.22. The van der Waals surface area contributed by atoms with Crippen molar-refractivity contribution in [2.75, 3.05) is 37.8 Å². The molecule has 0 saturated carbocycles. The number of aromatic nitrogens is 5. The predicted molar refractivity (Wildman–Crippen MR) is 131 cm³/mol. The number of imidazole rings is 1. The van der Waals surface area contributed by atoms with Gasteiger partial charge in [-0.3, -0.25) is 0 Å². The molecule has 33 heavy (non-hydrogen) atoms. The molecule has 1 aliphatic heterocycles. The molecule has 1 saturated heterocycles. The monoisotopic (exact) mass is 454 g/mol. The van der Waals surface area contributed by atoms with Gasteiger partial charge >= 0.3 is 6.01 Å². The zero-order valence-corrected chi connectivity index (χ0v) is 20.0. The Balaban J connectivity index is 1.52. The molecule has 0 amide bonds. The van der Waals surface area contributed by atoms with Crippen molar-refractivity contribution >= 4 is 17.3 Å². The van der Waals surface area contributed by atoms with E-state index in [1.807, 2.05) is 13.1 Å². The van der Waals surface area contributed by atoms with E-state index in [0.717, 1.165) is 55.0 Å². The molecule has 9 nitrogen and oxygen atoms in total. The lowest BCUT2D eigenvalue weighted by Crippen LogP contribution is -2.42. The summed E-state index contributed by atoms with van der Waals surface area (Å²) in [5.74, 6) is 1.25. The molecule has 0 aliphatic carbocycles. The van der Waals surface area contributed by atoms with E-state index in [1.165, 1.54) is 0 Å². The fourth-order valence-electron chi connectivity index (χ4n) is 4.43. The van der Waals surface area contributed by atoms with Gasteiger partial charge in [0.1, 0.15) is 5.82 Å². The minimum absolute atomic E-state index is 0.0583. The van der Waals surface area contributed by atoms with E-state index in [0.29, 0.717) is 24.5 Å². The number of piperidine rings is 1. The number of fused-ring (bicyclic) bond motifs is 1. The van der Waals surface area contributed by atoms with Crippen LogP contribution in [-0.2, 0) is 6.42 Å². The molecule has 0 aromatic carbocycles. The summed E-state index contributed by atoms with van der Waals surface area (Å²) < 4.78 is 22.9. The maximum absolute atomic E-state index is 7.73. The molecule has 0 bridgehead atoms. The second kappa shape index (κ2) is 9.91. The second-order valence-electron chi connectivity index (χ2n) is 9.05. The highest BCUT2D eigenvalue weighted by Gasteiger charge is 2.22. The van der Waals surface area contributed by atoms with E-state index in [-0.39, 0.29) is 11.8 Å². The van der Waals surface area contributed by atoms with Gasteiger partial charge in [-0.15, -0.1) is 5.10 Å². The molecule has 1 fully saturated rings. The number of nitrogen functional groups attached to an aromatic ring is 1. The van der Waals surface area contributed by atoms with Crippen molar-refractivity contribution in [2.45, 2.75) is 65.0 Å². The van der Waals surface area contributed by atoms with Gasteiger partial charge in [-0.25, -0.2) is 14.5 Å². The van der Waals surface area contributed by atoms with Gasteiger partial charge in [0, 0.05) is 34.5 Å². The Morgan fingerprint density at radius 1 is 1.27 bits per heavy atom. The smallest absolute Gasteiger partial charge is 0.336 e. The lowest BCUT2D eigenvalue weighted by molar-refractivity contribution is 0.189. The Bertz CT molecular complexity index is 1140. The molecule has 3 aromatic rings. The van der Waals surface area contributed by atoms with Crippen LogP contribution in [0.5, 0.6) is 6.01 Å². The van der Waals surface area contributed by atoms with Crippen molar-refractivity contribution in [3.8, 4) is 6.01 Å². The molecule has 0 radical (unpaired) electrons. The molecule has 2 N–H and O–H groups in total. The van der Waals surface area contributed by atoms with Crippen LogP contribution in [0.3, 0.4) is 0 Å². The Morgan fingerprint density at radius 2 is 2.06 bits per heavy atom. The van der Waals surface area contributed by atoms with Gasteiger partial charge in [0.2, 0.25) is 0 Å². The van der Waals surface area contributed by atoms with Gasteiger partial charge in [-0.1, -0.05) is 19.4 Å². The van der Waals surface area contributed by atoms with Gasteiger partial charge in [0.25, 0.3) is 0 Å². The molecule has 0 spiro atoms. The van der Waals surface area contributed by atoms with Crippen molar-refractivity contribution in [1.82, 2.24) is 29.5 Å². The normalized spacial score (nSPS) is 17.0. The maximum Gasteiger partial charge on any atom is 0.336 e. The predicted octanol–water partition coefficient (Wildman–Crippen LogP) is 3.10. The van der Waals surface area contributed by atoms with Crippen LogP contribution in [-0.4, -0.2) is 68.8 Å². The summed E-state index contributed by atoms with van der Waals surface area (Å²) in [6, 6.07) is 2.86. The second-order valence-corrected chi connectivity index (χ2v) is 9.05. The summed E-state index contributed by atoms with van der Waals surface area (Å²) in [4.78, 5) is 18.1. The molecule has 1 unspecified atom stereocenters. The van der Waals surface area contributed by atoms with E-state index < -0.39 is 13.0 Å². The summed E-state index contributed by atoms with van der Waals surface area (Å²) in [6.45, 7) is 4.98.